The molecule has 0 radical (unpaired) electrons. The largest absolute Gasteiger partial charge is 0.493 e. The first-order chi connectivity index (χ1) is 15.4. The minimum Gasteiger partial charge on any atom is -0.493 e. The molecule has 2 aliphatic heterocycles. The molecular weight excluding hydrogens is 473 g/mol. The zero-order valence-corrected chi connectivity index (χ0v) is 19.7. The molecule has 9 heteroatoms. The van der Waals surface area contributed by atoms with Crippen molar-refractivity contribution in [1.82, 2.24) is 4.90 Å². The second kappa shape index (κ2) is 10.2. The standard InChI is InChI=1S/C23H21ClFNO4S2/c1-28-19-10-15(9-18(24)21(19)30-13-14-4-6-16(25)7-5-14)11-20-22(27)26(23(31)32-20)12-17-3-2-8-29-17/h4-7,9-11,17H,2-3,8,12-13H2,1H3/b20-11-/t17-/m0/s1. The first-order valence-electron chi connectivity index (χ1n) is 10.1. The van der Waals surface area contributed by atoms with Crippen molar-refractivity contribution in [2.75, 3.05) is 20.3 Å². The van der Waals surface area contributed by atoms with Crippen molar-refractivity contribution >= 4 is 51.9 Å². The Labute approximate surface area is 200 Å². The highest BCUT2D eigenvalue weighted by atomic mass is 35.5. The second-order valence-corrected chi connectivity index (χ2v) is 9.46. The van der Waals surface area contributed by atoms with Crippen LogP contribution in [0.15, 0.2) is 41.3 Å². The number of nitrogens with zero attached hydrogens (tertiary/aromatic N) is 1. The number of rotatable bonds is 7. The molecule has 2 saturated heterocycles. The molecule has 0 spiro atoms. The van der Waals surface area contributed by atoms with Crippen LogP contribution in [-0.4, -0.2) is 41.5 Å². The fourth-order valence-corrected chi connectivity index (χ4v) is 5.05. The van der Waals surface area contributed by atoms with Gasteiger partial charge in [0, 0.05) is 6.61 Å². The van der Waals surface area contributed by atoms with Gasteiger partial charge in [0.15, 0.2) is 11.5 Å². The minimum atomic E-state index is -0.310. The Bertz CT molecular complexity index is 1050. The Morgan fingerprint density at radius 3 is 2.81 bits per heavy atom. The van der Waals surface area contributed by atoms with Crippen LogP contribution >= 0.6 is 35.6 Å². The molecule has 0 bridgehead atoms. The van der Waals surface area contributed by atoms with E-state index in [-0.39, 0.29) is 24.4 Å². The smallest absolute Gasteiger partial charge is 0.266 e. The van der Waals surface area contributed by atoms with Crippen LogP contribution < -0.4 is 9.47 Å². The van der Waals surface area contributed by atoms with E-state index >= 15 is 0 Å². The normalized spacial score (nSPS) is 19.8. The van der Waals surface area contributed by atoms with Crippen LogP contribution in [0.2, 0.25) is 5.02 Å². The lowest BCUT2D eigenvalue weighted by molar-refractivity contribution is -0.123. The first-order valence-corrected chi connectivity index (χ1v) is 11.7. The Kier molecular flexibility index (Phi) is 7.35. The van der Waals surface area contributed by atoms with Gasteiger partial charge in [-0.05, 0) is 54.3 Å². The summed E-state index contributed by atoms with van der Waals surface area (Å²) in [5, 5.41) is 0.340. The lowest BCUT2D eigenvalue weighted by Crippen LogP contribution is -2.35. The van der Waals surface area contributed by atoms with Crippen LogP contribution in [-0.2, 0) is 16.1 Å². The van der Waals surface area contributed by atoms with Crippen LogP contribution in [0.25, 0.3) is 6.08 Å². The molecule has 2 aromatic rings. The zero-order chi connectivity index (χ0) is 22.7. The molecule has 0 saturated carbocycles. The van der Waals surface area contributed by atoms with E-state index in [0.29, 0.717) is 37.9 Å². The molecule has 2 aromatic carbocycles. The summed E-state index contributed by atoms with van der Waals surface area (Å²) < 4.78 is 30.5. The number of amides is 1. The molecule has 2 fully saturated rings. The predicted molar refractivity (Wildman–Crippen MR) is 128 cm³/mol. The van der Waals surface area contributed by atoms with Gasteiger partial charge < -0.3 is 14.2 Å². The monoisotopic (exact) mass is 493 g/mol. The molecule has 1 atom stereocenters. The number of carbonyl (C=O) groups excluding carboxylic acids is 1. The van der Waals surface area contributed by atoms with E-state index in [0.717, 1.165) is 25.0 Å². The molecular formula is C23H21ClFNO4S2. The Hall–Kier alpha value is -2.13. The van der Waals surface area contributed by atoms with E-state index in [2.05, 4.69) is 0 Å². The second-order valence-electron chi connectivity index (χ2n) is 7.38. The first kappa shape index (κ1) is 23.0. The lowest BCUT2D eigenvalue weighted by atomic mass is 10.1. The number of carbonyl (C=O) groups is 1. The fourth-order valence-electron chi connectivity index (χ4n) is 3.50. The Morgan fingerprint density at radius 1 is 1.34 bits per heavy atom. The minimum absolute atomic E-state index is 0.0314. The number of methoxy groups -OCH3 is 1. The average molecular weight is 494 g/mol. The number of hydrogen-bond acceptors (Lipinski definition) is 6. The van der Waals surface area contributed by atoms with Crippen molar-refractivity contribution in [3.8, 4) is 11.5 Å². The highest BCUT2D eigenvalue weighted by Gasteiger charge is 2.34. The molecule has 2 heterocycles. The lowest BCUT2D eigenvalue weighted by Gasteiger charge is -2.18. The Morgan fingerprint density at radius 2 is 2.12 bits per heavy atom. The van der Waals surface area contributed by atoms with Crippen molar-refractivity contribution in [2.24, 2.45) is 0 Å². The van der Waals surface area contributed by atoms with Gasteiger partial charge in [-0.1, -0.05) is 47.7 Å². The molecule has 1 amide bonds. The molecule has 168 valence electrons. The summed E-state index contributed by atoms with van der Waals surface area (Å²) in [6, 6.07) is 9.48. The molecule has 5 nitrogen and oxygen atoms in total. The Balaban J connectivity index is 1.50. The van der Waals surface area contributed by atoms with E-state index in [1.807, 2.05) is 0 Å². The van der Waals surface area contributed by atoms with Crippen LogP contribution in [0.1, 0.15) is 24.0 Å². The van der Waals surface area contributed by atoms with Crippen LogP contribution in [0.5, 0.6) is 11.5 Å². The van der Waals surface area contributed by atoms with Crippen LogP contribution in [0.3, 0.4) is 0 Å². The number of ether oxygens (including phenoxy) is 3. The van der Waals surface area contributed by atoms with E-state index in [4.69, 9.17) is 38.0 Å². The summed E-state index contributed by atoms with van der Waals surface area (Å²) in [7, 11) is 1.52. The molecule has 4 rings (SSSR count). The summed E-state index contributed by atoms with van der Waals surface area (Å²) >= 11 is 13.1. The maximum atomic E-state index is 13.1. The van der Waals surface area contributed by atoms with Crippen molar-refractivity contribution in [3.63, 3.8) is 0 Å². The molecule has 32 heavy (non-hydrogen) atoms. The van der Waals surface area contributed by atoms with Crippen molar-refractivity contribution in [3.05, 3.63) is 63.3 Å². The van der Waals surface area contributed by atoms with Crippen molar-refractivity contribution in [2.45, 2.75) is 25.6 Å². The van der Waals surface area contributed by atoms with Crippen molar-refractivity contribution < 1.29 is 23.4 Å². The third kappa shape index (κ3) is 5.26. The van der Waals surface area contributed by atoms with Gasteiger partial charge >= 0.3 is 0 Å². The molecule has 0 aliphatic carbocycles. The number of thioether (sulfide) groups is 1. The van der Waals surface area contributed by atoms with Crippen molar-refractivity contribution in [1.29, 1.82) is 0 Å². The highest BCUT2D eigenvalue weighted by Crippen LogP contribution is 2.39. The van der Waals surface area contributed by atoms with Gasteiger partial charge in [0.25, 0.3) is 5.91 Å². The maximum Gasteiger partial charge on any atom is 0.266 e. The summed E-state index contributed by atoms with van der Waals surface area (Å²) in [6.07, 6.45) is 3.71. The molecule has 0 unspecified atom stereocenters. The maximum absolute atomic E-state index is 13.1. The van der Waals surface area contributed by atoms with Gasteiger partial charge in [0.05, 0.1) is 29.7 Å². The third-order valence-corrected chi connectivity index (χ3v) is 6.79. The van der Waals surface area contributed by atoms with E-state index in [9.17, 15) is 9.18 Å². The van der Waals surface area contributed by atoms with Gasteiger partial charge in [0.2, 0.25) is 0 Å². The highest BCUT2D eigenvalue weighted by molar-refractivity contribution is 8.26. The summed E-state index contributed by atoms with van der Waals surface area (Å²) in [6.45, 7) is 1.41. The fraction of sp³-hybridized carbons (Fsp3) is 0.304. The summed E-state index contributed by atoms with van der Waals surface area (Å²) in [4.78, 5) is 15.0. The van der Waals surface area contributed by atoms with Gasteiger partial charge in [-0.3, -0.25) is 9.69 Å². The number of benzene rings is 2. The number of thiocarbonyl (C=S) groups is 1. The number of hydrogen-bond donors (Lipinski definition) is 0. The predicted octanol–water partition coefficient (Wildman–Crippen LogP) is 5.45. The quantitative estimate of drug-likeness (QED) is 0.378. The van der Waals surface area contributed by atoms with Crippen LogP contribution in [0.4, 0.5) is 4.39 Å². The topological polar surface area (TPSA) is 48.0 Å². The number of halogens is 2. The van der Waals surface area contributed by atoms with Gasteiger partial charge in [-0.25, -0.2) is 4.39 Å². The molecule has 0 aromatic heterocycles. The van der Waals surface area contributed by atoms with E-state index < -0.39 is 0 Å². The van der Waals surface area contributed by atoms with Crippen LogP contribution in [0, 0.1) is 5.82 Å². The third-order valence-electron chi connectivity index (χ3n) is 5.13. The summed E-state index contributed by atoms with van der Waals surface area (Å²) in [5.41, 5.74) is 1.49. The van der Waals surface area contributed by atoms with E-state index in [1.165, 1.54) is 31.0 Å². The zero-order valence-electron chi connectivity index (χ0n) is 17.3. The van der Waals surface area contributed by atoms with Gasteiger partial charge in [0.1, 0.15) is 16.7 Å². The van der Waals surface area contributed by atoms with E-state index in [1.54, 1.807) is 35.2 Å². The summed E-state index contributed by atoms with van der Waals surface area (Å²) in [5.74, 6) is 0.361. The average Bonchev–Trinajstić information content (AvgIpc) is 3.38. The van der Waals surface area contributed by atoms with Gasteiger partial charge in [-0.15, -0.1) is 0 Å². The van der Waals surface area contributed by atoms with Gasteiger partial charge in [-0.2, -0.15) is 0 Å². The molecule has 0 N–H and O–H groups in total. The SMILES string of the molecule is COc1cc(/C=C2\SC(=S)N(C[C@@H]3CCCO3)C2=O)cc(Cl)c1OCc1ccc(F)cc1. The molecule has 2 aliphatic rings.